The predicted molar refractivity (Wildman–Crippen MR) is 145 cm³/mol. The molecule has 1 aliphatic heterocycles. The van der Waals surface area contributed by atoms with Gasteiger partial charge in [0.15, 0.2) is 0 Å². The van der Waals surface area contributed by atoms with Crippen LogP contribution in [0.4, 0.5) is 11.4 Å². The molecule has 0 radical (unpaired) electrons. The SMILES string of the molecule is Cc1ccc(C(=O)Nc2ccc(S(=O)(=O)N3CCCCC3)cc2)cc1S(=O)(=O)Nc1cccc(C)c1C. The summed E-state index contributed by atoms with van der Waals surface area (Å²) in [6, 6.07) is 15.9. The van der Waals surface area contributed by atoms with E-state index < -0.39 is 26.0 Å². The van der Waals surface area contributed by atoms with E-state index in [-0.39, 0.29) is 15.4 Å². The van der Waals surface area contributed by atoms with E-state index in [1.54, 1.807) is 31.2 Å². The third-order valence-electron chi connectivity index (χ3n) is 6.65. The fraction of sp³-hybridized carbons (Fsp3) is 0.296. The Kier molecular flexibility index (Phi) is 7.72. The molecule has 0 atom stereocenters. The molecule has 0 spiro atoms. The Morgan fingerprint density at radius 1 is 0.811 bits per heavy atom. The zero-order chi connectivity index (χ0) is 26.8. The second-order valence-corrected chi connectivity index (χ2v) is 12.9. The average molecular weight is 542 g/mol. The first-order valence-electron chi connectivity index (χ1n) is 12.1. The highest BCUT2D eigenvalue weighted by molar-refractivity contribution is 7.92. The van der Waals surface area contributed by atoms with Crippen molar-refractivity contribution in [3.63, 3.8) is 0 Å². The van der Waals surface area contributed by atoms with Crippen LogP contribution in [0, 0.1) is 20.8 Å². The normalized spacial score (nSPS) is 14.8. The number of nitrogens with zero attached hydrogens (tertiary/aromatic N) is 1. The molecular formula is C27H31N3O5S2. The summed E-state index contributed by atoms with van der Waals surface area (Å²) in [5, 5.41) is 2.72. The van der Waals surface area contributed by atoms with Crippen LogP contribution in [0.5, 0.6) is 0 Å². The van der Waals surface area contributed by atoms with Crippen LogP contribution in [0.15, 0.2) is 70.5 Å². The fourth-order valence-electron chi connectivity index (χ4n) is 4.26. The zero-order valence-corrected chi connectivity index (χ0v) is 22.7. The molecule has 1 fully saturated rings. The summed E-state index contributed by atoms with van der Waals surface area (Å²) < 4.78 is 56.2. The Morgan fingerprint density at radius 3 is 2.16 bits per heavy atom. The number of piperidine rings is 1. The summed E-state index contributed by atoms with van der Waals surface area (Å²) in [7, 11) is -7.52. The largest absolute Gasteiger partial charge is 0.322 e. The summed E-state index contributed by atoms with van der Waals surface area (Å²) in [5.41, 5.74) is 3.33. The van der Waals surface area contributed by atoms with E-state index in [0.717, 1.165) is 30.4 Å². The first-order valence-corrected chi connectivity index (χ1v) is 15.0. The van der Waals surface area contributed by atoms with Gasteiger partial charge in [-0.1, -0.05) is 24.6 Å². The van der Waals surface area contributed by atoms with E-state index >= 15 is 0 Å². The quantitative estimate of drug-likeness (QED) is 0.445. The Labute approximate surface area is 218 Å². The third kappa shape index (κ3) is 5.87. The highest BCUT2D eigenvalue weighted by Crippen LogP contribution is 2.26. The highest BCUT2D eigenvalue weighted by atomic mass is 32.2. The van der Waals surface area contributed by atoms with Crippen molar-refractivity contribution in [3.8, 4) is 0 Å². The van der Waals surface area contributed by atoms with E-state index in [2.05, 4.69) is 10.0 Å². The Balaban J connectivity index is 1.52. The Hall–Kier alpha value is -3.21. The minimum Gasteiger partial charge on any atom is -0.322 e. The van der Waals surface area contributed by atoms with Crippen molar-refractivity contribution in [2.24, 2.45) is 0 Å². The summed E-state index contributed by atoms with van der Waals surface area (Å²) >= 11 is 0. The van der Waals surface area contributed by atoms with Gasteiger partial charge in [-0.2, -0.15) is 4.31 Å². The molecule has 0 unspecified atom stereocenters. The van der Waals surface area contributed by atoms with Crippen molar-refractivity contribution in [1.82, 2.24) is 4.31 Å². The first-order chi connectivity index (χ1) is 17.5. The number of rotatable bonds is 7. The average Bonchev–Trinajstić information content (AvgIpc) is 2.87. The smallest absolute Gasteiger partial charge is 0.262 e. The maximum Gasteiger partial charge on any atom is 0.262 e. The number of aryl methyl sites for hydroxylation is 2. The van der Waals surface area contributed by atoms with Gasteiger partial charge in [0.05, 0.1) is 15.5 Å². The van der Waals surface area contributed by atoms with Crippen molar-refractivity contribution in [2.45, 2.75) is 49.8 Å². The number of nitrogens with one attached hydrogen (secondary N) is 2. The van der Waals surface area contributed by atoms with Crippen LogP contribution in [-0.4, -0.2) is 40.1 Å². The second-order valence-electron chi connectivity index (χ2n) is 9.28. The van der Waals surface area contributed by atoms with Crippen LogP contribution in [0.3, 0.4) is 0 Å². The van der Waals surface area contributed by atoms with Crippen LogP contribution in [0.25, 0.3) is 0 Å². The molecule has 10 heteroatoms. The number of carbonyl (C=O) groups excluding carboxylic acids is 1. The van der Waals surface area contributed by atoms with E-state index in [0.29, 0.717) is 30.0 Å². The van der Waals surface area contributed by atoms with Gasteiger partial charge < -0.3 is 5.32 Å². The molecule has 0 aromatic heterocycles. The van der Waals surface area contributed by atoms with E-state index in [4.69, 9.17) is 0 Å². The first kappa shape index (κ1) is 26.8. The monoisotopic (exact) mass is 541 g/mol. The van der Waals surface area contributed by atoms with E-state index in [1.165, 1.54) is 34.6 Å². The molecule has 1 aliphatic rings. The van der Waals surface area contributed by atoms with Gasteiger partial charge in [0.1, 0.15) is 0 Å². The van der Waals surface area contributed by atoms with Crippen molar-refractivity contribution in [1.29, 1.82) is 0 Å². The van der Waals surface area contributed by atoms with Gasteiger partial charge in [0.2, 0.25) is 10.0 Å². The van der Waals surface area contributed by atoms with Crippen LogP contribution in [0.1, 0.15) is 46.3 Å². The Bertz CT molecular complexity index is 1530. The molecule has 0 saturated carbocycles. The lowest BCUT2D eigenvalue weighted by Gasteiger charge is -2.25. The van der Waals surface area contributed by atoms with Gasteiger partial charge in [-0.15, -0.1) is 0 Å². The molecule has 0 bridgehead atoms. The lowest BCUT2D eigenvalue weighted by atomic mass is 10.1. The number of sulfonamides is 2. The highest BCUT2D eigenvalue weighted by Gasteiger charge is 2.26. The number of benzene rings is 3. The molecule has 1 amide bonds. The number of amides is 1. The number of anilines is 2. The van der Waals surface area contributed by atoms with Crippen LogP contribution < -0.4 is 10.0 Å². The maximum absolute atomic E-state index is 13.2. The molecule has 2 N–H and O–H groups in total. The van der Waals surface area contributed by atoms with E-state index in [1.807, 2.05) is 19.9 Å². The van der Waals surface area contributed by atoms with Crippen LogP contribution in [-0.2, 0) is 20.0 Å². The van der Waals surface area contributed by atoms with Gasteiger partial charge >= 0.3 is 0 Å². The van der Waals surface area contributed by atoms with Crippen molar-refractivity contribution >= 4 is 37.3 Å². The van der Waals surface area contributed by atoms with Crippen LogP contribution >= 0.6 is 0 Å². The van der Waals surface area contributed by atoms with Gasteiger partial charge in [0, 0.05) is 24.3 Å². The lowest BCUT2D eigenvalue weighted by molar-refractivity contribution is 0.102. The van der Waals surface area contributed by atoms with Crippen molar-refractivity contribution < 1.29 is 21.6 Å². The van der Waals surface area contributed by atoms with Gasteiger partial charge in [-0.3, -0.25) is 9.52 Å². The molecule has 37 heavy (non-hydrogen) atoms. The standard InChI is InChI=1S/C27H31N3O5S2/c1-19-8-7-9-25(21(19)3)29-36(32,33)26-18-22(11-10-20(26)2)27(31)28-23-12-14-24(15-13-23)37(34,35)30-16-5-4-6-17-30/h7-15,18,29H,4-6,16-17H2,1-3H3,(H,28,31). The van der Waals surface area contributed by atoms with Crippen molar-refractivity contribution in [3.05, 3.63) is 82.9 Å². The van der Waals surface area contributed by atoms with Gasteiger partial charge in [0.25, 0.3) is 15.9 Å². The van der Waals surface area contributed by atoms with Crippen LogP contribution in [0.2, 0.25) is 0 Å². The maximum atomic E-state index is 13.2. The molecule has 196 valence electrons. The zero-order valence-electron chi connectivity index (χ0n) is 21.1. The Morgan fingerprint density at radius 2 is 1.49 bits per heavy atom. The van der Waals surface area contributed by atoms with Gasteiger partial charge in [-0.25, -0.2) is 16.8 Å². The van der Waals surface area contributed by atoms with Crippen molar-refractivity contribution in [2.75, 3.05) is 23.1 Å². The molecule has 3 aromatic carbocycles. The van der Waals surface area contributed by atoms with Gasteiger partial charge in [-0.05, 0) is 92.8 Å². The molecule has 4 rings (SSSR count). The molecular weight excluding hydrogens is 510 g/mol. The molecule has 1 saturated heterocycles. The summed E-state index contributed by atoms with van der Waals surface area (Å²) in [4.78, 5) is 13.1. The molecule has 3 aromatic rings. The number of carbonyl (C=O) groups is 1. The minimum atomic E-state index is -3.95. The number of hydrogen-bond donors (Lipinski definition) is 2. The predicted octanol–water partition coefficient (Wildman–Crippen LogP) is 4.84. The minimum absolute atomic E-state index is 0.00373. The molecule has 1 heterocycles. The topological polar surface area (TPSA) is 113 Å². The third-order valence-corrected chi connectivity index (χ3v) is 10.1. The lowest BCUT2D eigenvalue weighted by Crippen LogP contribution is -2.35. The summed E-state index contributed by atoms with van der Waals surface area (Å²) in [6.45, 7) is 6.43. The number of hydrogen-bond acceptors (Lipinski definition) is 5. The summed E-state index contributed by atoms with van der Waals surface area (Å²) in [5.74, 6) is -0.505. The molecule has 8 nitrogen and oxygen atoms in total. The fourth-order valence-corrected chi connectivity index (χ4v) is 7.17. The van der Waals surface area contributed by atoms with E-state index in [9.17, 15) is 21.6 Å². The molecule has 0 aliphatic carbocycles. The second kappa shape index (κ2) is 10.6. The summed E-state index contributed by atoms with van der Waals surface area (Å²) in [6.07, 6.45) is 2.73.